The van der Waals surface area contributed by atoms with E-state index in [1.807, 2.05) is 26.8 Å². The number of hydrogen-bond acceptors (Lipinski definition) is 2. The van der Waals surface area contributed by atoms with E-state index in [2.05, 4.69) is 32.8 Å². The van der Waals surface area contributed by atoms with E-state index in [9.17, 15) is 0 Å². The van der Waals surface area contributed by atoms with Crippen LogP contribution in [0.4, 0.5) is 0 Å². The Bertz CT molecular complexity index is 474. The van der Waals surface area contributed by atoms with Crippen LogP contribution in [0.3, 0.4) is 0 Å². The van der Waals surface area contributed by atoms with Crippen LogP contribution >= 0.6 is 0 Å². The zero-order valence-corrected chi connectivity index (χ0v) is 14.7. The largest absolute Gasteiger partial charge is 0.354 e. The summed E-state index contributed by atoms with van der Waals surface area (Å²) in [7, 11) is 1.62. The van der Waals surface area contributed by atoms with E-state index in [-0.39, 0.29) is 5.41 Å². The molecule has 21 heavy (non-hydrogen) atoms. The zero-order chi connectivity index (χ0) is 16.3. The van der Waals surface area contributed by atoms with E-state index in [1.165, 1.54) is 30.4 Å². The van der Waals surface area contributed by atoms with Crippen LogP contribution in [0.15, 0.2) is 23.3 Å². The lowest BCUT2D eigenvalue weighted by atomic mass is 9.72. The summed E-state index contributed by atoms with van der Waals surface area (Å²) in [6.45, 7) is 12.4. The predicted molar refractivity (Wildman–Crippen MR) is 88.9 cm³/mol. The maximum Gasteiger partial charge on any atom is 0.164 e. The molecule has 0 amide bonds. The van der Waals surface area contributed by atoms with Gasteiger partial charge in [0, 0.05) is 7.11 Å². The SMILES string of the molecule is C#CC(C)(C=CC1=C(C)CCCC1(C)C)OC(C)(C)OC. The van der Waals surface area contributed by atoms with Crippen LogP contribution in [0.25, 0.3) is 0 Å². The molecule has 0 fully saturated rings. The second-order valence-electron chi connectivity index (χ2n) is 7.22. The van der Waals surface area contributed by atoms with Crippen molar-refractivity contribution < 1.29 is 9.47 Å². The van der Waals surface area contributed by atoms with Gasteiger partial charge in [0.25, 0.3) is 0 Å². The van der Waals surface area contributed by atoms with E-state index in [1.54, 1.807) is 7.11 Å². The lowest BCUT2D eigenvalue weighted by Crippen LogP contribution is -2.38. The highest BCUT2D eigenvalue weighted by molar-refractivity contribution is 5.35. The van der Waals surface area contributed by atoms with Gasteiger partial charge in [-0.25, -0.2) is 0 Å². The van der Waals surface area contributed by atoms with Crippen molar-refractivity contribution in [1.82, 2.24) is 0 Å². The van der Waals surface area contributed by atoms with Gasteiger partial charge in [0.2, 0.25) is 0 Å². The Morgan fingerprint density at radius 1 is 1.29 bits per heavy atom. The van der Waals surface area contributed by atoms with Gasteiger partial charge >= 0.3 is 0 Å². The molecule has 0 bridgehead atoms. The molecule has 1 rings (SSSR count). The Morgan fingerprint density at radius 2 is 1.90 bits per heavy atom. The maximum absolute atomic E-state index is 5.95. The van der Waals surface area contributed by atoms with Crippen molar-refractivity contribution >= 4 is 0 Å². The molecular weight excluding hydrogens is 260 g/mol. The van der Waals surface area contributed by atoms with E-state index < -0.39 is 11.4 Å². The van der Waals surface area contributed by atoms with Crippen LogP contribution in [0.5, 0.6) is 0 Å². The summed E-state index contributed by atoms with van der Waals surface area (Å²) in [5.74, 6) is 2.03. The predicted octanol–water partition coefficient (Wildman–Crippen LogP) is 4.86. The molecular formula is C19H30O2. The van der Waals surface area contributed by atoms with Gasteiger partial charge in [-0.2, -0.15) is 0 Å². The van der Waals surface area contributed by atoms with Gasteiger partial charge in [0.15, 0.2) is 5.79 Å². The van der Waals surface area contributed by atoms with Gasteiger partial charge in [-0.1, -0.05) is 31.4 Å². The number of allylic oxidation sites excluding steroid dienone is 3. The molecule has 0 aromatic heterocycles. The Balaban J connectivity index is 3.03. The molecule has 0 aromatic carbocycles. The molecule has 1 aliphatic rings. The first-order chi connectivity index (χ1) is 9.55. The fourth-order valence-corrected chi connectivity index (χ4v) is 2.92. The highest BCUT2D eigenvalue weighted by atomic mass is 16.7. The van der Waals surface area contributed by atoms with Crippen LogP contribution in [-0.2, 0) is 9.47 Å². The summed E-state index contributed by atoms with van der Waals surface area (Å²) in [5, 5.41) is 0. The normalized spacial score (nSPS) is 22.2. The standard InChI is InChI=1S/C19H30O2/c1-9-19(7,21-18(5,6)20-8)14-12-16-15(2)11-10-13-17(16,3)4/h1,12,14H,10-11,13H2,2-8H3. The van der Waals surface area contributed by atoms with E-state index >= 15 is 0 Å². The third kappa shape index (κ3) is 4.73. The number of methoxy groups -OCH3 is 1. The van der Waals surface area contributed by atoms with Gasteiger partial charge < -0.3 is 9.47 Å². The van der Waals surface area contributed by atoms with E-state index in [0.29, 0.717) is 0 Å². The molecule has 1 atom stereocenters. The van der Waals surface area contributed by atoms with Crippen molar-refractivity contribution in [3.8, 4) is 12.3 Å². The van der Waals surface area contributed by atoms with Crippen LogP contribution in [0, 0.1) is 17.8 Å². The first kappa shape index (κ1) is 18.0. The minimum absolute atomic E-state index is 0.200. The van der Waals surface area contributed by atoms with Gasteiger partial charge in [-0.3, -0.25) is 0 Å². The van der Waals surface area contributed by atoms with E-state index in [0.717, 1.165) is 0 Å². The van der Waals surface area contributed by atoms with Crippen LogP contribution in [0.2, 0.25) is 0 Å². The maximum atomic E-state index is 5.95. The molecule has 0 saturated heterocycles. The number of rotatable bonds is 5. The lowest BCUT2D eigenvalue weighted by molar-refractivity contribution is -0.227. The van der Waals surface area contributed by atoms with Crippen molar-refractivity contribution in [1.29, 1.82) is 0 Å². The summed E-state index contributed by atoms with van der Waals surface area (Å²) >= 11 is 0. The zero-order valence-electron chi connectivity index (χ0n) is 14.7. The van der Waals surface area contributed by atoms with Crippen molar-refractivity contribution in [3.63, 3.8) is 0 Å². The summed E-state index contributed by atoms with van der Waals surface area (Å²) in [4.78, 5) is 0. The molecule has 0 heterocycles. The van der Waals surface area contributed by atoms with Crippen molar-refractivity contribution in [2.75, 3.05) is 7.11 Å². The molecule has 0 radical (unpaired) electrons. The minimum atomic E-state index is -0.777. The summed E-state index contributed by atoms with van der Waals surface area (Å²) in [6, 6.07) is 0. The Hall–Kier alpha value is -1.04. The average Bonchev–Trinajstić information content (AvgIpc) is 2.37. The van der Waals surface area contributed by atoms with Crippen molar-refractivity contribution in [2.45, 2.75) is 72.2 Å². The fourth-order valence-electron chi connectivity index (χ4n) is 2.92. The highest BCUT2D eigenvalue weighted by Crippen LogP contribution is 2.41. The Kier molecular flexibility index (Phi) is 5.47. The lowest BCUT2D eigenvalue weighted by Gasteiger charge is -2.35. The van der Waals surface area contributed by atoms with E-state index in [4.69, 9.17) is 15.9 Å². The third-order valence-corrected chi connectivity index (χ3v) is 4.35. The second kappa shape index (κ2) is 6.38. The molecule has 1 unspecified atom stereocenters. The average molecular weight is 290 g/mol. The quantitative estimate of drug-likeness (QED) is 0.532. The molecule has 0 aromatic rings. The molecule has 0 saturated carbocycles. The number of hydrogen-bond donors (Lipinski definition) is 0. The van der Waals surface area contributed by atoms with Crippen molar-refractivity contribution in [2.24, 2.45) is 5.41 Å². The molecule has 118 valence electrons. The third-order valence-electron chi connectivity index (χ3n) is 4.35. The first-order valence-electron chi connectivity index (χ1n) is 7.68. The van der Waals surface area contributed by atoms with Gasteiger partial charge in [-0.15, -0.1) is 6.42 Å². The van der Waals surface area contributed by atoms with Gasteiger partial charge in [0.1, 0.15) is 5.60 Å². The molecule has 2 nitrogen and oxygen atoms in total. The summed E-state index contributed by atoms with van der Waals surface area (Å²) in [5.41, 5.74) is 2.26. The van der Waals surface area contributed by atoms with Crippen LogP contribution < -0.4 is 0 Å². The highest BCUT2D eigenvalue weighted by Gasteiger charge is 2.31. The monoisotopic (exact) mass is 290 g/mol. The van der Waals surface area contributed by atoms with Gasteiger partial charge in [-0.05, 0) is 64.0 Å². The molecule has 0 aliphatic heterocycles. The topological polar surface area (TPSA) is 18.5 Å². The molecule has 0 N–H and O–H groups in total. The molecule has 1 aliphatic carbocycles. The Morgan fingerprint density at radius 3 is 2.38 bits per heavy atom. The Labute approximate surface area is 130 Å². The summed E-state index contributed by atoms with van der Waals surface area (Å²) < 4.78 is 11.3. The fraction of sp³-hybridized carbons (Fsp3) is 0.684. The van der Waals surface area contributed by atoms with Crippen molar-refractivity contribution in [3.05, 3.63) is 23.3 Å². The number of ether oxygens (including phenoxy) is 2. The molecule has 0 spiro atoms. The summed E-state index contributed by atoms with van der Waals surface area (Å²) in [6.07, 6.45) is 13.5. The smallest absolute Gasteiger partial charge is 0.164 e. The second-order valence-corrected chi connectivity index (χ2v) is 7.22. The number of terminal acetylenes is 1. The van der Waals surface area contributed by atoms with Gasteiger partial charge in [0.05, 0.1) is 0 Å². The van der Waals surface area contributed by atoms with Crippen LogP contribution in [0.1, 0.15) is 60.8 Å². The first-order valence-corrected chi connectivity index (χ1v) is 7.68. The molecule has 2 heteroatoms. The van der Waals surface area contributed by atoms with Crippen LogP contribution in [-0.4, -0.2) is 18.5 Å². The minimum Gasteiger partial charge on any atom is -0.354 e.